The van der Waals surface area contributed by atoms with Gasteiger partial charge in [0.15, 0.2) is 11.5 Å². The number of nitrogens with one attached hydrogen (secondary N) is 1. The maximum absolute atomic E-state index is 5.95. The van der Waals surface area contributed by atoms with Crippen LogP contribution in [-0.2, 0) is 12.8 Å². The van der Waals surface area contributed by atoms with Crippen LogP contribution < -0.4 is 14.8 Å². The lowest BCUT2D eigenvalue weighted by Gasteiger charge is -2.28. The van der Waals surface area contributed by atoms with Crippen LogP contribution in [-0.4, -0.2) is 20.8 Å². The molecule has 122 valence electrons. The van der Waals surface area contributed by atoms with Crippen molar-refractivity contribution in [3.63, 3.8) is 0 Å². The summed E-state index contributed by atoms with van der Waals surface area (Å²) in [6.07, 6.45) is 3.08. The van der Waals surface area contributed by atoms with E-state index in [9.17, 15) is 0 Å². The lowest BCUT2D eigenvalue weighted by molar-refractivity contribution is 0.351. The van der Waals surface area contributed by atoms with E-state index >= 15 is 0 Å². The molecule has 23 heavy (non-hydrogen) atoms. The fourth-order valence-electron chi connectivity index (χ4n) is 3.19. The standard InChI is InChI=1S/C19H22ClNO2/c1-22-18-11-14-9-10-21-17(16(14)12-19(18)23-2)8-5-13-3-6-15(20)7-4-13/h3-4,6-7,11-12,17,21H,5,8-10H2,1-2H3/t17-/m0/s1. The topological polar surface area (TPSA) is 30.5 Å². The minimum Gasteiger partial charge on any atom is -0.493 e. The average Bonchev–Trinajstić information content (AvgIpc) is 2.60. The molecule has 0 fully saturated rings. The molecule has 1 aliphatic rings. The van der Waals surface area contributed by atoms with Gasteiger partial charge in [-0.15, -0.1) is 0 Å². The Morgan fingerprint density at radius 2 is 1.78 bits per heavy atom. The van der Waals surface area contributed by atoms with Gasteiger partial charge in [-0.1, -0.05) is 23.7 Å². The first-order chi connectivity index (χ1) is 11.2. The lowest BCUT2D eigenvalue weighted by Crippen LogP contribution is -2.30. The van der Waals surface area contributed by atoms with Gasteiger partial charge >= 0.3 is 0 Å². The smallest absolute Gasteiger partial charge is 0.161 e. The van der Waals surface area contributed by atoms with E-state index in [1.165, 1.54) is 16.7 Å². The predicted octanol–water partition coefficient (Wildman–Crippen LogP) is 4.18. The highest BCUT2D eigenvalue weighted by atomic mass is 35.5. The molecule has 0 bridgehead atoms. The molecule has 1 aliphatic heterocycles. The summed E-state index contributed by atoms with van der Waals surface area (Å²) in [7, 11) is 3.37. The van der Waals surface area contributed by atoms with Crippen LogP contribution in [0.3, 0.4) is 0 Å². The molecule has 0 amide bonds. The van der Waals surface area contributed by atoms with E-state index in [-0.39, 0.29) is 0 Å². The van der Waals surface area contributed by atoms with Crippen LogP contribution in [0.1, 0.15) is 29.2 Å². The zero-order valence-electron chi connectivity index (χ0n) is 13.6. The second kappa shape index (κ2) is 7.24. The largest absolute Gasteiger partial charge is 0.493 e. The molecule has 0 saturated heterocycles. The van der Waals surface area contributed by atoms with Gasteiger partial charge in [0.2, 0.25) is 0 Å². The summed E-state index contributed by atoms with van der Waals surface area (Å²) in [6.45, 7) is 0.994. The Bertz CT molecular complexity index is 670. The quantitative estimate of drug-likeness (QED) is 0.891. The van der Waals surface area contributed by atoms with E-state index in [0.717, 1.165) is 42.3 Å². The Balaban J connectivity index is 1.79. The normalized spacial score (nSPS) is 16.7. The monoisotopic (exact) mass is 331 g/mol. The van der Waals surface area contributed by atoms with E-state index in [2.05, 4.69) is 29.6 Å². The van der Waals surface area contributed by atoms with Crippen molar-refractivity contribution >= 4 is 11.6 Å². The summed E-state index contributed by atoms with van der Waals surface area (Å²) in [5.74, 6) is 1.61. The first kappa shape index (κ1) is 16.2. The highest BCUT2D eigenvalue weighted by Gasteiger charge is 2.22. The van der Waals surface area contributed by atoms with Crippen LogP contribution in [0.15, 0.2) is 36.4 Å². The van der Waals surface area contributed by atoms with E-state index in [0.29, 0.717) is 6.04 Å². The van der Waals surface area contributed by atoms with Crippen LogP contribution >= 0.6 is 11.6 Å². The highest BCUT2D eigenvalue weighted by Crippen LogP contribution is 2.36. The van der Waals surface area contributed by atoms with E-state index < -0.39 is 0 Å². The molecule has 3 rings (SSSR count). The molecule has 3 nitrogen and oxygen atoms in total. The van der Waals surface area contributed by atoms with Gasteiger partial charge in [-0.05, 0) is 66.8 Å². The first-order valence-electron chi connectivity index (χ1n) is 7.94. The molecule has 2 aromatic rings. The number of fused-ring (bicyclic) bond motifs is 1. The molecule has 1 heterocycles. The second-order valence-corrected chi connectivity index (χ2v) is 6.26. The zero-order valence-corrected chi connectivity index (χ0v) is 14.3. The molecule has 0 aromatic heterocycles. The van der Waals surface area contributed by atoms with Crippen molar-refractivity contribution in [2.45, 2.75) is 25.3 Å². The molecule has 1 N–H and O–H groups in total. The molecule has 1 atom stereocenters. The van der Waals surface area contributed by atoms with Crippen LogP contribution in [0.4, 0.5) is 0 Å². The van der Waals surface area contributed by atoms with Crippen LogP contribution in [0, 0.1) is 0 Å². The third-order valence-corrected chi connectivity index (χ3v) is 4.69. The molecular weight excluding hydrogens is 310 g/mol. The molecule has 0 unspecified atom stereocenters. The van der Waals surface area contributed by atoms with Gasteiger partial charge in [0.1, 0.15) is 0 Å². The van der Waals surface area contributed by atoms with Crippen molar-refractivity contribution in [1.29, 1.82) is 0 Å². The van der Waals surface area contributed by atoms with Crippen molar-refractivity contribution in [1.82, 2.24) is 5.32 Å². The summed E-state index contributed by atoms with van der Waals surface area (Å²) in [4.78, 5) is 0. The number of hydrogen-bond acceptors (Lipinski definition) is 3. The van der Waals surface area contributed by atoms with Crippen molar-refractivity contribution in [2.24, 2.45) is 0 Å². The van der Waals surface area contributed by atoms with Gasteiger partial charge in [0.05, 0.1) is 14.2 Å². The van der Waals surface area contributed by atoms with Gasteiger partial charge in [-0.25, -0.2) is 0 Å². The maximum atomic E-state index is 5.95. The number of hydrogen-bond donors (Lipinski definition) is 1. The van der Waals surface area contributed by atoms with E-state index in [1.807, 2.05) is 12.1 Å². The van der Waals surface area contributed by atoms with Crippen molar-refractivity contribution < 1.29 is 9.47 Å². The fourth-order valence-corrected chi connectivity index (χ4v) is 3.31. The van der Waals surface area contributed by atoms with Gasteiger partial charge < -0.3 is 14.8 Å². The van der Waals surface area contributed by atoms with Gasteiger partial charge in [0, 0.05) is 11.1 Å². The zero-order chi connectivity index (χ0) is 16.2. The summed E-state index contributed by atoms with van der Waals surface area (Å²) in [5.41, 5.74) is 3.98. The lowest BCUT2D eigenvalue weighted by atomic mass is 9.90. The molecular formula is C19H22ClNO2. The number of aryl methyl sites for hydroxylation is 1. The molecule has 0 saturated carbocycles. The SMILES string of the molecule is COc1cc2c(cc1OC)[C@H](CCc1ccc(Cl)cc1)NCC2. The number of ether oxygens (including phenoxy) is 2. The Kier molecular flexibility index (Phi) is 5.09. The summed E-state index contributed by atoms with van der Waals surface area (Å²) in [5, 5.41) is 4.41. The Hall–Kier alpha value is -1.71. The molecule has 2 aromatic carbocycles. The van der Waals surface area contributed by atoms with Gasteiger partial charge in [-0.3, -0.25) is 0 Å². The third-order valence-electron chi connectivity index (χ3n) is 4.44. The molecule has 0 spiro atoms. The minimum atomic E-state index is 0.342. The summed E-state index contributed by atoms with van der Waals surface area (Å²) >= 11 is 5.95. The number of rotatable bonds is 5. The van der Waals surface area contributed by atoms with E-state index in [1.54, 1.807) is 14.2 Å². The van der Waals surface area contributed by atoms with Crippen LogP contribution in [0.2, 0.25) is 5.02 Å². The summed E-state index contributed by atoms with van der Waals surface area (Å²) in [6, 6.07) is 12.7. The van der Waals surface area contributed by atoms with E-state index in [4.69, 9.17) is 21.1 Å². The highest BCUT2D eigenvalue weighted by molar-refractivity contribution is 6.30. The predicted molar refractivity (Wildman–Crippen MR) is 93.8 cm³/mol. The third kappa shape index (κ3) is 3.62. The summed E-state index contributed by atoms with van der Waals surface area (Å²) < 4.78 is 10.9. The van der Waals surface area contributed by atoms with Gasteiger partial charge in [-0.2, -0.15) is 0 Å². The Morgan fingerprint density at radius 1 is 1.09 bits per heavy atom. The van der Waals surface area contributed by atoms with Crippen molar-refractivity contribution in [3.05, 3.63) is 58.1 Å². The maximum Gasteiger partial charge on any atom is 0.161 e. The first-order valence-corrected chi connectivity index (χ1v) is 8.31. The van der Waals surface area contributed by atoms with Gasteiger partial charge in [0.25, 0.3) is 0 Å². The van der Waals surface area contributed by atoms with Crippen molar-refractivity contribution in [2.75, 3.05) is 20.8 Å². The number of methoxy groups -OCH3 is 2. The molecule has 0 aliphatic carbocycles. The Labute approximate surface area is 142 Å². The number of benzene rings is 2. The van der Waals surface area contributed by atoms with Crippen LogP contribution in [0.5, 0.6) is 11.5 Å². The number of halogens is 1. The fraction of sp³-hybridized carbons (Fsp3) is 0.368. The minimum absolute atomic E-state index is 0.342. The Morgan fingerprint density at radius 3 is 2.48 bits per heavy atom. The average molecular weight is 332 g/mol. The van der Waals surface area contributed by atoms with Crippen molar-refractivity contribution in [3.8, 4) is 11.5 Å². The second-order valence-electron chi connectivity index (χ2n) is 5.83. The van der Waals surface area contributed by atoms with Crippen LogP contribution in [0.25, 0.3) is 0 Å². The molecule has 0 radical (unpaired) electrons. The molecule has 4 heteroatoms.